The molecule has 0 N–H and O–H groups in total. The molecule has 3 heterocycles. The van der Waals surface area contributed by atoms with Crippen molar-refractivity contribution >= 4 is 34.7 Å². The summed E-state index contributed by atoms with van der Waals surface area (Å²) in [4.78, 5) is 10.6. The summed E-state index contributed by atoms with van der Waals surface area (Å²) in [6, 6.07) is 15.9. The van der Waals surface area contributed by atoms with Crippen molar-refractivity contribution in [2.45, 2.75) is 60.8 Å². The molecule has 0 aromatic heterocycles. The topological polar surface area (TPSA) is 9.72 Å². The van der Waals surface area contributed by atoms with E-state index in [1.54, 1.807) is 0 Å². The third kappa shape index (κ3) is 5.08. The van der Waals surface area contributed by atoms with Gasteiger partial charge in [0.1, 0.15) is 0 Å². The van der Waals surface area contributed by atoms with E-state index in [-0.39, 0.29) is 0 Å². The molecule has 0 saturated carbocycles. The van der Waals surface area contributed by atoms with Gasteiger partial charge in [-0.05, 0) is 102 Å². The Kier molecular flexibility index (Phi) is 7.09. The minimum absolute atomic E-state index is 0.820. The van der Waals surface area contributed by atoms with Crippen LogP contribution in [0.3, 0.4) is 0 Å². The number of nitrogens with zero attached hydrogens (tertiary/aromatic N) is 3. The van der Waals surface area contributed by atoms with Crippen molar-refractivity contribution < 1.29 is 0 Å². The fraction of sp³-hybridized carbons (Fsp3) is 0.538. The molecule has 0 radical (unpaired) electrons. The molecule has 31 heavy (non-hydrogen) atoms. The smallest absolute Gasteiger partial charge is 0.0567 e. The molecule has 2 saturated heterocycles. The summed E-state index contributed by atoms with van der Waals surface area (Å²) in [5, 5.41) is 0.820. The number of piperidine rings is 2. The van der Waals surface area contributed by atoms with E-state index in [0.717, 1.165) is 17.6 Å². The van der Waals surface area contributed by atoms with E-state index in [4.69, 9.17) is 11.6 Å². The number of para-hydroxylation sites is 1. The Balaban J connectivity index is 1.13. The molecule has 0 aliphatic carbocycles. The van der Waals surface area contributed by atoms with Gasteiger partial charge in [-0.2, -0.15) is 0 Å². The number of halogens is 1. The van der Waals surface area contributed by atoms with Crippen LogP contribution in [0.15, 0.2) is 52.3 Å². The van der Waals surface area contributed by atoms with Gasteiger partial charge in [0, 0.05) is 27.4 Å². The van der Waals surface area contributed by atoms with Crippen LogP contribution in [-0.2, 0) is 0 Å². The summed E-state index contributed by atoms with van der Waals surface area (Å²) in [6.45, 7) is 7.53. The Morgan fingerprint density at radius 2 is 1.55 bits per heavy atom. The monoisotopic (exact) mass is 455 g/mol. The van der Waals surface area contributed by atoms with Gasteiger partial charge in [0.2, 0.25) is 0 Å². The minimum atomic E-state index is 0.820. The number of anilines is 2. The number of rotatable bonds is 6. The Morgan fingerprint density at radius 1 is 0.806 bits per heavy atom. The highest BCUT2D eigenvalue weighted by atomic mass is 35.5. The summed E-state index contributed by atoms with van der Waals surface area (Å²) >= 11 is 8.21. The Labute approximate surface area is 196 Å². The molecule has 0 amide bonds. The zero-order valence-corrected chi connectivity index (χ0v) is 20.0. The van der Waals surface area contributed by atoms with Gasteiger partial charge < -0.3 is 14.7 Å². The van der Waals surface area contributed by atoms with E-state index in [2.05, 4.69) is 51.1 Å². The molecule has 5 heteroatoms. The molecule has 2 aromatic rings. The first kappa shape index (κ1) is 21.6. The number of unbranched alkanes of at least 4 members (excludes halogenated alkanes) is 1. The minimum Gasteiger partial charge on any atom is -0.340 e. The van der Waals surface area contributed by atoms with Gasteiger partial charge >= 0.3 is 0 Å². The predicted molar refractivity (Wildman–Crippen MR) is 133 cm³/mol. The lowest BCUT2D eigenvalue weighted by Gasteiger charge is -2.40. The number of benzene rings is 2. The van der Waals surface area contributed by atoms with E-state index in [1.165, 1.54) is 98.8 Å². The molecule has 3 aliphatic heterocycles. The Hall–Kier alpha value is -1.20. The maximum Gasteiger partial charge on any atom is 0.0567 e. The van der Waals surface area contributed by atoms with Crippen LogP contribution in [-0.4, -0.2) is 55.1 Å². The van der Waals surface area contributed by atoms with Gasteiger partial charge in [-0.25, -0.2) is 0 Å². The molecule has 0 atom stereocenters. The summed E-state index contributed by atoms with van der Waals surface area (Å²) in [7, 11) is 0. The Bertz CT molecular complexity index is 875. The lowest BCUT2D eigenvalue weighted by atomic mass is 10.00. The van der Waals surface area contributed by atoms with Crippen molar-refractivity contribution in [1.82, 2.24) is 9.80 Å². The zero-order valence-electron chi connectivity index (χ0n) is 18.4. The largest absolute Gasteiger partial charge is 0.340 e. The van der Waals surface area contributed by atoms with Crippen LogP contribution >= 0.6 is 23.4 Å². The standard InChI is InChI=1S/C26H34ClN3S/c27-21-10-11-26-24(20-21)30(23-8-2-3-9-25(23)31-26)17-7-6-14-28-18-12-22(13-19-28)29-15-4-1-5-16-29/h2-3,8-11,20,22H,1,4-7,12-19H2. The maximum atomic E-state index is 6.35. The number of hydrogen-bond acceptors (Lipinski definition) is 4. The van der Waals surface area contributed by atoms with E-state index in [9.17, 15) is 0 Å². The van der Waals surface area contributed by atoms with Crippen molar-refractivity contribution in [3.8, 4) is 0 Å². The average Bonchev–Trinajstić information content (AvgIpc) is 2.82. The van der Waals surface area contributed by atoms with Crippen LogP contribution in [0.5, 0.6) is 0 Å². The quantitative estimate of drug-likeness (QED) is 0.449. The van der Waals surface area contributed by atoms with E-state index < -0.39 is 0 Å². The SMILES string of the molecule is Clc1ccc2c(c1)N(CCCCN1CCC(N3CCCCC3)CC1)c1ccccc1S2. The Morgan fingerprint density at radius 3 is 2.39 bits per heavy atom. The molecule has 3 aliphatic rings. The van der Waals surface area contributed by atoms with Gasteiger partial charge in [-0.15, -0.1) is 0 Å². The summed E-state index contributed by atoms with van der Waals surface area (Å²) in [6.07, 6.45) is 9.45. The normalized spacial score (nSPS) is 20.5. The predicted octanol–water partition coefficient (Wildman–Crippen LogP) is 6.67. The van der Waals surface area contributed by atoms with Crippen LogP contribution in [0.4, 0.5) is 11.4 Å². The highest BCUT2D eigenvalue weighted by molar-refractivity contribution is 7.99. The van der Waals surface area contributed by atoms with Gasteiger partial charge in [-0.3, -0.25) is 0 Å². The molecule has 2 fully saturated rings. The molecule has 3 nitrogen and oxygen atoms in total. The molecule has 2 aromatic carbocycles. The number of likely N-dealkylation sites (tertiary alicyclic amines) is 2. The summed E-state index contributed by atoms with van der Waals surface area (Å²) in [5.41, 5.74) is 2.59. The van der Waals surface area contributed by atoms with Crippen molar-refractivity contribution in [1.29, 1.82) is 0 Å². The molecule has 0 bridgehead atoms. The van der Waals surface area contributed by atoms with Crippen molar-refractivity contribution in [2.75, 3.05) is 44.2 Å². The molecular formula is C26H34ClN3S. The second-order valence-electron chi connectivity index (χ2n) is 9.21. The second-order valence-corrected chi connectivity index (χ2v) is 10.7. The second kappa shape index (κ2) is 10.2. The molecule has 0 spiro atoms. The first-order chi connectivity index (χ1) is 15.3. The lowest BCUT2D eigenvalue weighted by molar-refractivity contribution is 0.0920. The van der Waals surface area contributed by atoms with Crippen LogP contribution in [0.1, 0.15) is 44.9 Å². The van der Waals surface area contributed by atoms with Crippen LogP contribution in [0, 0.1) is 0 Å². The summed E-state index contributed by atoms with van der Waals surface area (Å²) < 4.78 is 0. The molecular weight excluding hydrogens is 422 g/mol. The van der Waals surface area contributed by atoms with Crippen LogP contribution < -0.4 is 4.90 Å². The van der Waals surface area contributed by atoms with E-state index >= 15 is 0 Å². The fourth-order valence-electron chi connectivity index (χ4n) is 5.44. The van der Waals surface area contributed by atoms with E-state index in [1.807, 2.05) is 17.8 Å². The highest BCUT2D eigenvalue weighted by Gasteiger charge is 2.26. The first-order valence-electron chi connectivity index (χ1n) is 12.1. The van der Waals surface area contributed by atoms with E-state index in [0.29, 0.717) is 0 Å². The van der Waals surface area contributed by atoms with Gasteiger partial charge in [-0.1, -0.05) is 41.9 Å². The van der Waals surface area contributed by atoms with Crippen LogP contribution in [0.2, 0.25) is 5.02 Å². The average molecular weight is 456 g/mol. The number of fused-ring (bicyclic) bond motifs is 2. The zero-order chi connectivity index (χ0) is 21.0. The fourth-order valence-corrected chi connectivity index (χ4v) is 6.68. The third-order valence-corrected chi connectivity index (χ3v) is 8.52. The summed E-state index contributed by atoms with van der Waals surface area (Å²) in [5.74, 6) is 0. The highest BCUT2D eigenvalue weighted by Crippen LogP contribution is 2.48. The van der Waals surface area contributed by atoms with Crippen molar-refractivity contribution in [3.05, 3.63) is 47.5 Å². The van der Waals surface area contributed by atoms with Gasteiger partial charge in [0.05, 0.1) is 11.4 Å². The third-order valence-electron chi connectivity index (χ3n) is 7.16. The van der Waals surface area contributed by atoms with Gasteiger partial charge in [0.25, 0.3) is 0 Å². The van der Waals surface area contributed by atoms with Crippen LogP contribution in [0.25, 0.3) is 0 Å². The number of hydrogen-bond donors (Lipinski definition) is 0. The van der Waals surface area contributed by atoms with Crippen molar-refractivity contribution in [2.24, 2.45) is 0 Å². The first-order valence-corrected chi connectivity index (χ1v) is 13.3. The van der Waals surface area contributed by atoms with Gasteiger partial charge in [0.15, 0.2) is 0 Å². The maximum absolute atomic E-state index is 6.35. The molecule has 5 rings (SSSR count). The van der Waals surface area contributed by atoms with Crippen molar-refractivity contribution in [3.63, 3.8) is 0 Å². The lowest BCUT2D eigenvalue weighted by Crippen LogP contribution is -2.46. The molecule has 166 valence electrons. The molecule has 0 unspecified atom stereocenters.